The smallest absolute Gasteiger partial charge is 0.388 e. The summed E-state index contributed by atoms with van der Waals surface area (Å²) in [6.07, 6.45) is -7.04. The summed E-state index contributed by atoms with van der Waals surface area (Å²) in [6.45, 7) is 7.91. The Morgan fingerprint density at radius 2 is 1.58 bits per heavy atom. The number of aliphatic hydroxyl groups excluding tert-OH is 1. The van der Waals surface area contributed by atoms with Crippen molar-refractivity contribution >= 4 is 0 Å². The maximum atomic E-state index is 12.4. The van der Waals surface area contributed by atoms with Gasteiger partial charge in [-0.2, -0.15) is 13.2 Å². The van der Waals surface area contributed by atoms with Crippen LogP contribution in [0.1, 0.15) is 68.7 Å². The van der Waals surface area contributed by atoms with Crippen molar-refractivity contribution < 1.29 is 18.3 Å². The second-order valence-corrected chi connectivity index (χ2v) is 5.53. The monoisotopic (exact) mass is 274 g/mol. The van der Waals surface area contributed by atoms with Gasteiger partial charge in [-0.25, -0.2) is 0 Å². The molecular weight excluding hydrogens is 253 g/mol. The van der Waals surface area contributed by atoms with Crippen LogP contribution in [-0.4, -0.2) is 11.3 Å². The molecule has 1 atom stereocenters. The van der Waals surface area contributed by atoms with Crippen LogP contribution >= 0.6 is 0 Å². The van der Waals surface area contributed by atoms with E-state index in [0.29, 0.717) is 11.5 Å². The van der Waals surface area contributed by atoms with Crippen molar-refractivity contribution in [2.45, 2.75) is 58.2 Å². The van der Waals surface area contributed by atoms with Crippen LogP contribution in [0.4, 0.5) is 13.2 Å². The number of hydrogen-bond donors (Lipinski definition) is 1. The van der Waals surface area contributed by atoms with Gasteiger partial charge in [0.15, 0.2) is 0 Å². The first-order valence-corrected chi connectivity index (χ1v) is 6.50. The second kappa shape index (κ2) is 5.95. The maximum absolute atomic E-state index is 12.4. The van der Waals surface area contributed by atoms with Crippen LogP contribution in [-0.2, 0) is 0 Å². The van der Waals surface area contributed by atoms with Gasteiger partial charge in [0, 0.05) is 0 Å². The van der Waals surface area contributed by atoms with Gasteiger partial charge in [0.2, 0.25) is 0 Å². The van der Waals surface area contributed by atoms with E-state index in [2.05, 4.69) is 0 Å². The molecule has 0 bridgehead atoms. The van der Waals surface area contributed by atoms with E-state index in [4.69, 9.17) is 0 Å². The molecular formula is C15H21F3O. The fourth-order valence-corrected chi connectivity index (χ4v) is 2.09. The number of hydrogen-bond acceptors (Lipinski definition) is 1. The fourth-order valence-electron chi connectivity index (χ4n) is 2.09. The Bertz CT molecular complexity index is 422. The zero-order valence-corrected chi connectivity index (χ0v) is 11.8. The van der Waals surface area contributed by atoms with E-state index < -0.39 is 18.7 Å². The van der Waals surface area contributed by atoms with Crippen LogP contribution in [0.15, 0.2) is 18.2 Å². The molecule has 1 N–H and O–H groups in total. The van der Waals surface area contributed by atoms with Gasteiger partial charge in [-0.3, -0.25) is 0 Å². The van der Waals surface area contributed by atoms with Crippen molar-refractivity contribution in [1.82, 2.24) is 0 Å². The lowest BCUT2D eigenvalue weighted by Crippen LogP contribution is -2.15. The number of aliphatic hydroxyl groups is 1. The summed E-state index contributed by atoms with van der Waals surface area (Å²) in [6, 6.07) is 5.33. The Labute approximate surface area is 112 Å². The van der Waals surface area contributed by atoms with Crippen molar-refractivity contribution in [2.75, 3.05) is 0 Å². The number of alkyl halides is 3. The van der Waals surface area contributed by atoms with Gasteiger partial charge in [-0.05, 0) is 28.5 Å². The summed E-state index contributed by atoms with van der Waals surface area (Å²) in [5, 5.41) is 9.80. The molecule has 0 fully saturated rings. The predicted molar refractivity (Wildman–Crippen MR) is 70.3 cm³/mol. The molecule has 1 unspecified atom stereocenters. The van der Waals surface area contributed by atoms with Gasteiger partial charge < -0.3 is 5.11 Å². The molecule has 19 heavy (non-hydrogen) atoms. The van der Waals surface area contributed by atoms with Crippen molar-refractivity contribution in [3.8, 4) is 0 Å². The molecule has 1 aromatic carbocycles. The molecule has 0 aliphatic rings. The van der Waals surface area contributed by atoms with Crippen LogP contribution in [0.25, 0.3) is 0 Å². The zero-order valence-electron chi connectivity index (χ0n) is 11.8. The lowest BCUT2D eigenvalue weighted by Gasteiger charge is -2.21. The molecule has 0 aliphatic heterocycles. The number of halogens is 3. The molecule has 0 saturated heterocycles. The zero-order chi connectivity index (χ0) is 14.8. The van der Waals surface area contributed by atoms with Crippen molar-refractivity contribution in [2.24, 2.45) is 0 Å². The summed E-state index contributed by atoms with van der Waals surface area (Å²) >= 11 is 0. The third-order valence-corrected chi connectivity index (χ3v) is 3.18. The first kappa shape index (κ1) is 16.0. The molecule has 0 spiro atoms. The van der Waals surface area contributed by atoms with Crippen molar-refractivity contribution in [3.63, 3.8) is 0 Å². The van der Waals surface area contributed by atoms with Crippen LogP contribution in [0, 0.1) is 0 Å². The largest absolute Gasteiger partial charge is 0.391 e. The van der Waals surface area contributed by atoms with Crippen LogP contribution in [0.2, 0.25) is 0 Å². The summed E-state index contributed by atoms with van der Waals surface area (Å²) < 4.78 is 37.1. The lowest BCUT2D eigenvalue weighted by molar-refractivity contribution is -0.154. The molecule has 0 saturated carbocycles. The third kappa shape index (κ3) is 4.53. The van der Waals surface area contributed by atoms with Gasteiger partial charge in [-0.15, -0.1) is 0 Å². The highest BCUT2D eigenvalue weighted by Crippen LogP contribution is 2.34. The highest BCUT2D eigenvalue weighted by atomic mass is 19.4. The van der Waals surface area contributed by atoms with E-state index in [1.165, 1.54) is 0 Å². The normalized spacial score (nSPS) is 14.2. The predicted octanol–water partition coefficient (Wildman–Crippen LogP) is 4.92. The van der Waals surface area contributed by atoms with E-state index in [1.54, 1.807) is 12.1 Å². The van der Waals surface area contributed by atoms with Gasteiger partial charge in [0.05, 0.1) is 12.5 Å². The highest BCUT2D eigenvalue weighted by molar-refractivity contribution is 5.37. The molecule has 4 heteroatoms. The maximum Gasteiger partial charge on any atom is 0.391 e. The van der Waals surface area contributed by atoms with Gasteiger partial charge in [0.1, 0.15) is 0 Å². The SMILES string of the molecule is CC(C)c1ccc(C(O)CC(F)(F)F)c(C(C)C)c1. The topological polar surface area (TPSA) is 20.2 Å². The molecule has 108 valence electrons. The summed E-state index contributed by atoms with van der Waals surface area (Å²) in [5.74, 6) is 0.392. The number of benzene rings is 1. The molecule has 1 rings (SSSR count). The fraction of sp³-hybridized carbons (Fsp3) is 0.600. The van der Waals surface area contributed by atoms with Crippen molar-refractivity contribution in [1.29, 1.82) is 0 Å². The van der Waals surface area contributed by atoms with E-state index in [-0.39, 0.29) is 5.92 Å². The second-order valence-electron chi connectivity index (χ2n) is 5.53. The lowest BCUT2D eigenvalue weighted by atomic mass is 9.88. The summed E-state index contributed by atoms with van der Waals surface area (Å²) in [5.41, 5.74) is 2.26. The molecule has 0 radical (unpaired) electrons. The molecule has 1 nitrogen and oxygen atoms in total. The molecule has 0 aromatic heterocycles. The van der Waals surface area contributed by atoms with E-state index in [1.807, 2.05) is 33.8 Å². The Morgan fingerprint density at radius 1 is 1.00 bits per heavy atom. The molecule has 0 heterocycles. The minimum absolute atomic E-state index is 0.0802. The molecule has 0 amide bonds. The summed E-state index contributed by atoms with van der Waals surface area (Å²) in [7, 11) is 0. The Kier molecular flexibility index (Phi) is 5.02. The Morgan fingerprint density at radius 3 is 2.00 bits per heavy atom. The first-order chi connectivity index (χ1) is 8.61. The van der Waals surface area contributed by atoms with Crippen molar-refractivity contribution in [3.05, 3.63) is 34.9 Å². The Balaban J connectivity index is 3.13. The van der Waals surface area contributed by atoms with Crippen LogP contribution < -0.4 is 0 Å². The van der Waals surface area contributed by atoms with Gasteiger partial charge in [-0.1, -0.05) is 45.9 Å². The van der Waals surface area contributed by atoms with Gasteiger partial charge in [0.25, 0.3) is 0 Å². The minimum atomic E-state index is -4.36. The van der Waals surface area contributed by atoms with E-state index in [0.717, 1.165) is 11.1 Å². The van der Waals surface area contributed by atoms with Gasteiger partial charge >= 0.3 is 6.18 Å². The first-order valence-electron chi connectivity index (χ1n) is 6.50. The minimum Gasteiger partial charge on any atom is -0.388 e. The number of rotatable bonds is 4. The highest BCUT2D eigenvalue weighted by Gasteiger charge is 2.32. The van der Waals surface area contributed by atoms with E-state index in [9.17, 15) is 18.3 Å². The quantitative estimate of drug-likeness (QED) is 0.826. The third-order valence-electron chi connectivity index (χ3n) is 3.18. The average molecular weight is 274 g/mol. The molecule has 0 aliphatic carbocycles. The van der Waals surface area contributed by atoms with Crippen LogP contribution in [0.5, 0.6) is 0 Å². The summed E-state index contributed by atoms with van der Waals surface area (Å²) in [4.78, 5) is 0. The average Bonchev–Trinajstić information content (AvgIpc) is 2.25. The Hall–Kier alpha value is -1.03. The van der Waals surface area contributed by atoms with Crippen LogP contribution in [0.3, 0.4) is 0 Å². The standard InChI is InChI=1S/C15H21F3O/c1-9(2)11-5-6-12(13(7-11)10(3)4)14(19)8-15(16,17)18/h5-7,9-10,14,19H,8H2,1-4H3. The van der Waals surface area contributed by atoms with E-state index >= 15 is 0 Å². The molecule has 1 aromatic rings.